The van der Waals surface area contributed by atoms with Gasteiger partial charge in [0.1, 0.15) is 0 Å². The number of carbonyl (C=O) groups is 1. The van der Waals surface area contributed by atoms with E-state index in [2.05, 4.69) is 5.32 Å². The van der Waals surface area contributed by atoms with Crippen molar-refractivity contribution in [1.29, 1.82) is 0 Å². The summed E-state index contributed by atoms with van der Waals surface area (Å²) in [6.45, 7) is 0.340. The van der Waals surface area contributed by atoms with E-state index in [1.54, 1.807) is 11.3 Å². The molecule has 0 aliphatic rings. The summed E-state index contributed by atoms with van der Waals surface area (Å²) in [6, 6.07) is 7.58. The van der Waals surface area contributed by atoms with Crippen LogP contribution >= 0.6 is 22.9 Å². The lowest BCUT2D eigenvalue weighted by molar-refractivity contribution is 0.194. The van der Waals surface area contributed by atoms with Crippen LogP contribution < -0.4 is 5.32 Å². The first kappa shape index (κ1) is 10.3. The van der Waals surface area contributed by atoms with Gasteiger partial charge in [0.15, 0.2) is 0 Å². The molecule has 2 aromatic rings. The van der Waals surface area contributed by atoms with Gasteiger partial charge in [-0.05, 0) is 29.7 Å². The number of fused-ring (bicyclic) bond motifs is 1. The van der Waals surface area contributed by atoms with Gasteiger partial charge in [-0.25, -0.2) is 4.79 Å². The van der Waals surface area contributed by atoms with E-state index in [0.717, 1.165) is 15.0 Å². The summed E-state index contributed by atoms with van der Waals surface area (Å²) in [5, 5.41) is 12.5. The second-order valence-corrected chi connectivity index (χ2v) is 4.66. The molecule has 1 aromatic carbocycles. The van der Waals surface area contributed by atoms with Crippen LogP contribution in [0.2, 0.25) is 5.02 Å². The Labute approximate surface area is 95.3 Å². The lowest BCUT2D eigenvalue weighted by atomic mass is 10.2. The Balaban J connectivity index is 2.27. The van der Waals surface area contributed by atoms with Gasteiger partial charge in [-0.1, -0.05) is 11.6 Å². The fraction of sp³-hybridized carbons (Fsp3) is 0.100. The molecule has 0 atom stereocenters. The van der Waals surface area contributed by atoms with Gasteiger partial charge in [0.25, 0.3) is 0 Å². The van der Waals surface area contributed by atoms with Crippen LogP contribution in [0.25, 0.3) is 10.1 Å². The van der Waals surface area contributed by atoms with Gasteiger partial charge in [0.05, 0.1) is 6.54 Å². The molecule has 1 aromatic heterocycles. The molecule has 0 radical (unpaired) electrons. The van der Waals surface area contributed by atoms with Crippen molar-refractivity contribution in [3.8, 4) is 0 Å². The lowest BCUT2D eigenvalue weighted by Crippen LogP contribution is -2.19. The first-order valence-corrected chi connectivity index (χ1v) is 5.49. The quantitative estimate of drug-likeness (QED) is 0.847. The number of carboxylic acid groups (broad SMARTS) is 1. The van der Waals surface area contributed by atoms with Crippen molar-refractivity contribution in [3.05, 3.63) is 34.2 Å². The highest BCUT2D eigenvalue weighted by atomic mass is 35.5. The number of nitrogens with one attached hydrogen (secondary N) is 1. The molecular weight excluding hydrogens is 234 g/mol. The largest absolute Gasteiger partial charge is 0.465 e. The van der Waals surface area contributed by atoms with Crippen molar-refractivity contribution in [2.45, 2.75) is 6.54 Å². The van der Waals surface area contributed by atoms with Crippen LogP contribution in [-0.2, 0) is 6.54 Å². The highest BCUT2D eigenvalue weighted by Crippen LogP contribution is 2.27. The van der Waals surface area contributed by atoms with E-state index in [0.29, 0.717) is 11.6 Å². The zero-order valence-electron chi connectivity index (χ0n) is 7.66. The smallest absolute Gasteiger partial charge is 0.404 e. The molecule has 0 bridgehead atoms. The van der Waals surface area contributed by atoms with E-state index >= 15 is 0 Å². The van der Waals surface area contributed by atoms with Crippen molar-refractivity contribution >= 4 is 39.1 Å². The molecule has 15 heavy (non-hydrogen) atoms. The molecule has 2 N–H and O–H groups in total. The predicted molar refractivity (Wildman–Crippen MR) is 61.7 cm³/mol. The number of hydrogen-bond acceptors (Lipinski definition) is 2. The van der Waals surface area contributed by atoms with Gasteiger partial charge in [0, 0.05) is 14.6 Å². The monoisotopic (exact) mass is 241 g/mol. The summed E-state index contributed by atoms with van der Waals surface area (Å²) in [7, 11) is 0. The average Bonchev–Trinajstić information content (AvgIpc) is 2.56. The Kier molecular flexibility index (Phi) is 2.79. The lowest BCUT2D eigenvalue weighted by Gasteiger charge is -1.94. The van der Waals surface area contributed by atoms with E-state index < -0.39 is 6.09 Å². The molecule has 0 saturated carbocycles. The summed E-state index contributed by atoms with van der Waals surface area (Å²) in [5.41, 5.74) is 0. The van der Waals surface area contributed by atoms with Gasteiger partial charge in [-0.15, -0.1) is 11.3 Å². The van der Waals surface area contributed by atoms with E-state index in [-0.39, 0.29) is 0 Å². The third kappa shape index (κ3) is 2.40. The van der Waals surface area contributed by atoms with Crippen LogP contribution in [0.1, 0.15) is 4.88 Å². The topological polar surface area (TPSA) is 49.3 Å². The first-order chi connectivity index (χ1) is 7.15. The minimum atomic E-state index is -1.01. The maximum atomic E-state index is 10.3. The second kappa shape index (κ2) is 4.08. The Morgan fingerprint density at radius 2 is 2.27 bits per heavy atom. The molecule has 0 saturated heterocycles. The molecule has 0 aliphatic heterocycles. The molecule has 2 rings (SSSR count). The minimum Gasteiger partial charge on any atom is -0.465 e. The third-order valence-electron chi connectivity index (χ3n) is 1.94. The number of halogens is 1. The molecule has 0 fully saturated rings. The van der Waals surface area contributed by atoms with Crippen molar-refractivity contribution in [3.63, 3.8) is 0 Å². The highest BCUT2D eigenvalue weighted by molar-refractivity contribution is 7.19. The SMILES string of the molecule is O=C(O)NCc1cc2cc(Cl)ccc2s1. The molecule has 0 spiro atoms. The highest BCUT2D eigenvalue weighted by Gasteiger charge is 2.03. The fourth-order valence-corrected chi connectivity index (χ4v) is 2.48. The zero-order chi connectivity index (χ0) is 10.8. The number of thiophene rings is 1. The van der Waals surface area contributed by atoms with Crippen LogP contribution in [0.5, 0.6) is 0 Å². The standard InChI is InChI=1S/C10H8ClNO2S/c11-7-1-2-9-6(3-7)4-8(15-9)5-12-10(13)14/h1-4,12H,5H2,(H,13,14). The van der Waals surface area contributed by atoms with Gasteiger partial charge >= 0.3 is 6.09 Å². The van der Waals surface area contributed by atoms with Crippen LogP contribution in [0.15, 0.2) is 24.3 Å². The Morgan fingerprint density at radius 1 is 1.47 bits per heavy atom. The molecule has 5 heteroatoms. The van der Waals surface area contributed by atoms with E-state index in [4.69, 9.17) is 16.7 Å². The fourth-order valence-electron chi connectivity index (χ4n) is 1.32. The van der Waals surface area contributed by atoms with Crippen LogP contribution in [0, 0.1) is 0 Å². The Hall–Kier alpha value is -1.26. The third-order valence-corrected chi connectivity index (χ3v) is 3.29. The maximum Gasteiger partial charge on any atom is 0.404 e. The van der Waals surface area contributed by atoms with E-state index in [1.165, 1.54) is 0 Å². The number of rotatable bonds is 2. The van der Waals surface area contributed by atoms with Gasteiger partial charge in [-0.2, -0.15) is 0 Å². The van der Waals surface area contributed by atoms with Gasteiger partial charge < -0.3 is 10.4 Å². The summed E-state index contributed by atoms with van der Waals surface area (Å²) in [4.78, 5) is 11.3. The van der Waals surface area contributed by atoms with E-state index in [9.17, 15) is 4.79 Å². The number of amides is 1. The van der Waals surface area contributed by atoms with E-state index in [1.807, 2.05) is 24.3 Å². The predicted octanol–water partition coefficient (Wildman–Crippen LogP) is 3.32. The molecule has 0 unspecified atom stereocenters. The first-order valence-electron chi connectivity index (χ1n) is 4.30. The van der Waals surface area contributed by atoms with Crippen LogP contribution in [0.4, 0.5) is 4.79 Å². The molecule has 78 valence electrons. The van der Waals surface area contributed by atoms with Crippen molar-refractivity contribution < 1.29 is 9.90 Å². The second-order valence-electron chi connectivity index (χ2n) is 3.05. The van der Waals surface area contributed by atoms with Crippen molar-refractivity contribution in [2.75, 3.05) is 0 Å². The summed E-state index contributed by atoms with van der Waals surface area (Å²) in [6.07, 6.45) is -1.01. The number of hydrogen-bond donors (Lipinski definition) is 2. The maximum absolute atomic E-state index is 10.3. The minimum absolute atomic E-state index is 0.340. The van der Waals surface area contributed by atoms with Gasteiger partial charge in [0.2, 0.25) is 0 Å². The molecule has 3 nitrogen and oxygen atoms in total. The zero-order valence-corrected chi connectivity index (χ0v) is 9.23. The summed E-state index contributed by atoms with van der Waals surface area (Å²) in [5.74, 6) is 0. The molecule has 1 amide bonds. The molecule has 1 heterocycles. The molecular formula is C10H8ClNO2S. The van der Waals surface area contributed by atoms with Crippen molar-refractivity contribution in [2.24, 2.45) is 0 Å². The molecule has 0 aliphatic carbocycles. The van der Waals surface area contributed by atoms with Gasteiger partial charge in [-0.3, -0.25) is 0 Å². The summed E-state index contributed by atoms with van der Waals surface area (Å²) >= 11 is 7.41. The van der Waals surface area contributed by atoms with Crippen molar-refractivity contribution in [1.82, 2.24) is 5.32 Å². The Bertz CT molecular complexity index is 509. The van der Waals surface area contributed by atoms with Crippen LogP contribution in [0.3, 0.4) is 0 Å². The normalized spacial score (nSPS) is 10.5. The van der Waals surface area contributed by atoms with Crippen LogP contribution in [-0.4, -0.2) is 11.2 Å². The Morgan fingerprint density at radius 3 is 3.00 bits per heavy atom. The average molecular weight is 242 g/mol. The number of benzene rings is 1. The summed E-state index contributed by atoms with van der Waals surface area (Å²) < 4.78 is 1.11.